The Morgan fingerprint density at radius 2 is 1.73 bits per heavy atom. The number of hydrogen-bond donors (Lipinski definition) is 0. The van der Waals surface area contributed by atoms with Gasteiger partial charge in [-0.3, -0.25) is 14.7 Å². The number of benzene rings is 2. The van der Waals surface area contributed by atoms with E-state index in [0.717, 1.165) is 29.8 Å². The highest BCUT2D eigenvalue weighted by molar-refractivity contribution is 5.87. The van der Waals surface area contributed by atoms with Crippen molar-refractivity contribution in [3.8, 4) is 11.1 Å². The van der Waals surface area contributed by atoms with Crippen LogP contribution in [0.2, 0.25) is 0 Å². The summed E-state index contributed by atoms with van der Waals surface area (Å²) < 4.78 is 14.5. The molecule has 1 saturated heterocycles. The first kappa shape index (κ1) is 20.2. The summed E-state index contributed by atoms with van der Waals surface area (Å²) in [4.78, 5) is 21.9. The van der Waals surface area contributed by atoms with E-state index >= 15 is 0 Å². The topological polar surface area (TPSA) is 36.4 Å². The molecule has 1 fully saturated rings. The molecule has 1 aliphatic heterocycles. The molecule has 1 atom stereocenters. The van der Waals surface area contributed by atoms with Crippen molar-refractivity contribution in [2.75, 3.05) is 20.6 Å². The lowest BCUT2D eigenvalue weighted by Gasteiger charge is -2.38. The van der Waals surface area contributed by atoms with E-state index < -0.39 is 5.54 Å². The van der Waals surface area contributed by atoms with Crippen LogP contribution in [0.1, 0.15) is 24.1 Å². The third-order valence-corrected chi connectivity index (χ3v) is 5.90. The molecule has 4 nitrogen and oxygen atoms in total. The quantitative estimate of drug-likeness (QED) is 0.631. The normalized spacial score (nSPS) is 19.0. The standard InChI is InChI=1S/C25H26FN3O/c1-28(2)24(30)25(23-14-7-8-16-27-23)15-9-17-29(25)18-19-10-3-4-11-20(19)21-12-5-6-13-22(21)26/h3-8,10-14,16H,9,15,17-18H2,1-2H3. The summed E-state index contributed by atoms with van der Waals surface area (Å²) >= 11 is 0. The lowest BCUT2D eigenvalue weighted by atomic mass is 9.88. The van der Waals surface area contributed by atoms with E-state index in [1.54, 1.807) is 37.3 Å². The molecule has 2 heterocycles. The molecule has 0 aliphatic carbocycles. The fourth-order valence-electron chi connectivity index (χ4n) is 4.51. The van der Waals surface area contributed by atoms with E-state index in [4.69, 9.17) is 0 Å². The predicted molar refractivity (Wildman–Crippen MR) is 116 cm³/mol. The number of carbonyl (C=O) groups is 1. The molecule has 0 N–H and O–H groups in total. The van der Waals surface area contributed by atoms with Crippen LogP contribution in [0.3, 0.4) is 0 Å². The van der Waals surface area contributed by atoms with Crippen molar-refractivity contribution >= 4 is 5.91 Å². The van der Waals surface area contributed by atoms with Crippen molar-refractivity contribution in [2.24, 2.45) is 0 Å². The van der Waals surface area contributed by atoms with E-state index in [2.05, 4.69) is 9.88 Å². The maximum absolute atomic E-state index is 14.5. The van der Waals surface area contributed by atoms with Crippen LogP contribution >= 0.6 is 0 Å². The van der Waals surface area contributed by atoms with E-state index in [-0.39, 0.29) is 11.7 Å². The van der Waals surface area contributed by atoms with Gasteiger partial charge in [0.05, 0.1) is 5.69 Å². The van der Waals surface area contributed by atoms with Crippen LogP contribution in [0.5, 0.6) is 0 Å². The zero-order chi connectivity index (χ0) is 21.1. The Hall–Kier alpha value is -3.05. The van der Waals surface area contributed by atoms with Crippen LogP contribution < -0.4 is 0 Å². The molecule has 1 aromatic heterocycles. The highest BCUT2D eigenvalue weighted by Crippen LogP contribution is 2.41. The Balaban J connectivity index is 1.78. The van der Waals surface area contributed by atoms with Gasteiger partial charge in [-0.2, -0.15) is 0 Å². The minimum atomic E-state index is -0.812. The van der Waals surface area contributed by atoms with Crippen molar-refractivity contribution in [3.05, 3.63) is 90.0 Å². The molecule has 3 aromatic rings. The molecule has 1 amide bonds. The summed E-state index contributed by atoms with van der Waals surface area (Å²) in [5.74, 6) is -0.214. The van der Waals surface area contributed by atoms with E-state index in [9.17, 15) is 9.18 Å². The number of hydrogen-bond acceptors (Lipinski definition) is 3. The molecule has 0 bridgehead atoms. The fourth-order valence-corrected chi connectivity index (χ4v) is 4.51. The molecule has 2 aromatic carbocycles. The molecule has 0 radical (unpaired) electrons. The lowest BCUT2D eigenvalue weighted by Crippen LogP contribution is -2.52. The molecule has 1 unspecified atom stereocenters. The summed E-state index contributed by atoms with van der Waals surface area (Å²) in [6, 6.07) is 20.4. The zero-order valence-corrected chi connectivity index (χ0v) is 17.4. The van der Waals surface area contributed by atoms with Gasteiger partial charge in [-0.25, -0.2) is 4.39 Å². The second kappa shape index (κ2) is 8.36. The molecule has 30 heavy (non-hydrogen) atoms. The molecule has 154 valence electrons. The monoisotopic (exact) mass is 403 g/mol. The smallest absolute Gasteiger partial charge is 0.248 e. The van der Waals surface area contributed by atoms with Crippen LogP contribution in [0.15, 0.2) is 72.9 Å². The van der Waals surface area contributed by atoms with Crippen LogP contribution in [-0.4, -0.2) is 41.3 Å². The lowest BCUT2D eigenvalue weighted by molar-refractivity contribution is -0.141. The SMILES string of the molecule is CN(C)C(=O)C1(c2ccccn2)CCCN1Cc1ccccc1-c1ccccc1F. The first-order valence-electron chi connectivity index (χ1n) is 10.2. The third-order valence-electron chi connectivity index (χ3n) is 5.90. The van der Waals surface area contributed by atoms with Crippen molar-refractivity contribution < 1.29 is 9.18 Å². The minimum absolute atomic E-state index is 0.0297. The number of aromatic nitrogens is 1. The summed E-state index contributed by atoms with van der Waals surface area (Å²) in [7, 11) is 3.58. The summed E-state index contributed by atoms with van der Waals surface area (Å²) in [6.45, 7) is 1.32. The van der Waals surface area contributed by atoms with Crippen LogP contribution in [0, 0.1) is 5.82 Å². The number of amides is 1. The second-order valence-corrected chi connectivity index (χ2v) is 7.94. The van der Waals surface area contributed by atoms with Gasteiger partial charge in [-0.1, -0.05) is 48.5 Å². The molecule has 0 spiro atoms. The van der Waals surface area contributed by atoms with Gasteiger partial charge in [-0.15, -0.1) is 0 Å². The molecule has 1 aliphatic rings. The molecule has 4 rings (SSSR count). The average Bonchev–Trinajstić information content (AvgIpc) is 3.19. The Morgan fingerprint density at radius 3 is 2.43 bits per heavy atom. The Kier molecular flexibility index (Phi) is 5.64. The zero-order valence-electron chi connectivity index (χ0n) is 17.4. The van der Waals surface area contributed by atoms with Crippen molar-refractivity contribution in [2.45, 2.75) is 24.9 Å². The number of halogens is 1. The van der Waals surface area contributed by atoms with Crippen LogP contribution in [0.25, 0.3) is 11.1 Å². The van der Waals surface area contributed by atoms with E-state index in [1.165, 1.54) is 6.07 Å². The minimum Gasteiger partial charge on any atom is -0.347 e. The Morgan fingerprint density at radius 1 is 1.03 bits per heavy atom. The largest absolute Gasteiger partial charge is 0.347 e. The van der Waals surface area contributed by atoms with E-state index in [0.29, 0.717) is 18.5 Å². The number of likely N-dealkylation sites (N-methyl/N-ethyl adjacent to an activating group) is 1. The molecule has 5 heteroatoms. The van der Waals surface area contributed by atoms with Crippen LogP contribution in [0.4, 0.5) is 4.39 Å². The van der Waals surface area contributed by atoms with Gasteiger partial charge in [0.15, 0.2) is 0 Å². The van der Waals surface area contributed by atoms with E-state index in [1.807, 2.05) is 48.5 Å². The Labute approximate surface area is 177 Å². The van der Waals surface area contributed by atoms with Gasteiger partial charge in [0.2, 0.25) is 5.91 Å². The van der Waals surface area contributed by atoms with Crippen molar-refractivity contribution in [3.63, 3.8) is 0 Å². The highest BCUT2D eigenvalue weighted by Gasteiger charge is 2.50. The maximum atomic E-state index is 14.5. The molecular weight excluding hydrogens is 377 g/mol. The summed E-state index contributed by atoms with van der Waals surface area (Å²) in [5, 5.41) is 0. The second-order valence-electron chi connectivity index (χ2n) is 7.94. The highest BCUT2D eigenvalue weighted by atomic mass is 19.1. The van der Waals surface area contributed by atoms with Gasteiger partial charge in [0.1, 0.15) is 11.4 Å². The van der Waals surface area contributed by atoms with Crippen molar-refractivity contribution in [1.82, 2.24) is 14.8 Å². The maximum Gasteiger partial charge on any atom is 0.248 e. The molecule has 0 saturated carbocycles. The number of pyridine rings is 1. The first-order chi connectivity index (χ1) is 14.5. The first-order valence-corrected chi connectivity index (χ1v) is 10.2. The average molecular weight is 404 g/mol. The number of carbonyl (C=O) groups excluding carboxylic acids is 1. The predicted octanol–water partition coefficient (Wildman–Crippen LogP) is 4.47. The third kappa shape index (κ3) is 3.50. The van der Waals surface area contributed by atoms with Gasteiger partial charge in [0, 0.05) is 32.4 Å². The van der Waals surface area contributed by atoms with Crippen molar-refractivity contribution in [1.29, 1.82) is 0 Å². The van der Waals surface area contributed by atoms with Gasteiger partial charge >= 0.3 is 0 Å². The summed E-state index contributed by atoms with van der Waals surface area (Å²) in [6.07, 6.45) is 3.35. The number of nitrogens with zero attached hydrogens (tertiary/aromatic N) is 3. The number of likely N-dealkylation sites (tertiary alicyclic amines) is 1. The molecular formula is C25H26FN3O. The Bertz CT molecular complexity index is 1040. The van der Waals surface area contributed by atoms with Gasteiger partial charge < -0.3 is 4.90 Å². The fraction of sp³-hybridized carbons (Fsp3) is 0.280. The van der Waals surface area contributed by atoms with Crippen LogP contribution in [-0.2, 0) is 16.9 Å². The van der Waals surface area contributed by atoms with Gasteiger partial charge in [0.25, 0.3) is 0 Å². The van der Waals surface area contributed by atoms with Gasteiger partial charge in [-0.05, 0) is 48.7 Å². The number of rotatable bonds is 5. The summed E-state index contributed by atoms with van der Waals surface area (Å²) in [5.41, 5.74) is 2.39.